The summed E-state index contributed by atoms with van der Waals surface area (Å²) in [5.41, 5.74) is 2.28. The van der Waals surface area contributed by atoms with E-state index in [0.29, 0.717) is 19.3 Å². The Labute approximate surface area is 167 Å². The Kier molecular flexibility index (Phi) is 5.28. The minimum atomic E-state index is -3.05. The standard InChI is InChI=1S/C23H27NO3S/c1-28(26,27)21-14-19-12-13-20(15-21)24(19)23(25)16-22(17-8-4-2-5-9-17)18-10-6-3-7-11-18/h2-11,19-22H,12-16H2,1H3/t19-,20+,21?. The van der Waals surface area contributed by atoms with Gasteiger partial charge in [-0.3, -0.25) is 4.79 Å². The van der Waals surface area contributed by atoms with Gasteiger partial charge >= 0.3 is 0 Å². The molecule has 0 aromatic heterocycles. The molecule has 1 unspecified atom stereocenters. The molecule has 0 saturated carbocycles. The zero-order valence-corrected chi connectivity index (χ0v) is 17.0. The maximum absolute atomic E-state index is 13.3. The maximum atomic E-state index is 13.3. The largest absolute Gasteiger partial charge is 0.337 e. The SMILES string of the molecule is CS(=O)(=O)C1C[C@H]2CC[C@@H](C1)N2C(=O)CC(c1ccccc1)c1ccccc1. The minimum Gasteiger partial charge on any atom is -0.337 e. The van der Waals surface area contributed by atoms with Crippen LogP contribution in [0.3, 0.4) is 0 Å². The smallest absolute Gasteiger partial charge is 0.224 e. The third kappa shape index (κ3) is 3.86. The van der Waals surface area contributed by atoms with Crippen molar-refractivity contribution in [1.29, 1.82) is 0 Å². The highest BCUT2D eigenvalue weighted by atomic mass is 32.2. The Bertz CT molecular complexity index is 873. The molecule has 2 aliphatic rings. The lowest BCUT2D eigenvalue weighted by atomic mass is 9.87. The summed E-state index contributed by atoms with van der Waals surface area (Å²) >= 11 is 0. The van der Waals surface area contributed by atoms with Crippen molar-refractivity contribution in [2.45, 2.75) is 55.4 Å². The Hall–Kier alpha value is -2.14. The lowest BCUT2D eigenvalue weighted by Crippen LogP contribution is -2.49. The first-order chi connectivity index (χ1) is 13.4. The van der Waals surface area contributed by atoms with Crippen molar-refractivity contribution in [1.82, 2.24) is 4.90 Å². The van der Waals surface area contributed by atoms with Crippen molar-refractivity contribution in [2.75, 3.05) is 6.26 Å². The van der Waals surface area contributed by atoms with E-state index in [1.807, 2.05) is 41.3 Å². The topological polar surface area (TPSA) is 54.5 Å². The zero-order valence-electron chi connectivity index (χ0n) is 16.2. The quantitative estimate of drug-likeness (QED) is 0.772. The van der Waals surface area contributed by atoms with Crippen molar-refractivity contribution in [3.05, 3.63) is 71.8 Å². The van der Waals surface area contributed by atoms with E-state index in [0.717, 1.165) is 24.0 Å². The fourth-order valence-corrected chi connectivity index (χ4v) is 6.11. The molecule has 148 valence electrons. The first-order valence-electron chi connectivity index (χ1n) is 10.0. The molecule has 0 radical (unpaired) electrons. The number of benzene rings is 2. The van der Waals surface area contributed by atoms with E-state index in [1.165, 1.54) is 6.26 Å². The van der Waals surface area contributed by atoms with E-state index in [4.69, 9.17) is 0 Å². The van der Waals surface area contributed by atoms with Crippen LogP contribution < -0.4 is 0 Å². The molecule has 4 nitrogen and oxygen atoms in total. The van der Waals surface area contributed by atoms with Crippen LogP contribution >= 0.6 is 0 Å². The van der Waals surface area contributed by atoms with Crippen LogP contribution in [0.5, 0.6) is 0 Å². The van der Waals surface area contributed by atoms with Gasteiger partial charge in [-0.15, -0.1) is 0 Å². The third-order valence-electron chi connectivity index (χ3n) is 6.37. The van der Waals surface area contributed by atoms with Gasteiger partial charge in [0.05, 0.1) is 5.25 Å². The predicted octanol–water partition coefficient (Wildman–Crippen LogP) is 3.78. The summed E-state index contributed by atoms with van der Waals surface area (Å²) in [6.45, 7) is 0. The van der Waals surface area contributed by atoms with Crippen LogP contribution in [-0.4, -0.2) is 42.8 Å². The number of carbonyl (C=O) groups is 1. The number of amides is 1. The first-order valence-corrected chi connectivity index (χ1v) is 12.0. The van der Waals surface area contributed by atoms with E-state index >= 15 is 0 Å². The number of piperidine rings is 1. The van der Waals surface area contributed by atoms with E-state index < -0.39 is 9.84 Å². The summed E-state index contributed by atoms with van der Waals surface area (Å²) in [5.74, 6) is 0.166. The Morgan fingerprint density at radius 3 is 1.82 bits per heavy atom. The summed E-state index contributed by atoms with van der Waals surface area (Å²) in [6.07, 6.45) is 4.76. The van der Waals surface area contributed by atoms with Crippen LogP contribution in [-0.2, 0) is 14.6 Å². The first kappa shape index (κ1) is 19.2. The van der Waals surface area contributed by atoms with Crippen LogP contribution in [0.4, 0.5) is 0 Å². The average molecular weight is 398 g/mol. The van der Waals surface area contributed by atoms with Crippen molar-refractivity contribution in [3.63, 3.8) is 0 Å². The van der Waals surface area contributed by atoms with Gasteiger partial charge in [-0.05, 0) is 36.8 Å². The molecule has 3 atom stereocenters. The highest BCUT2D eigenvalue weighted by Crippen LogP contribution is 2.40. The highest BCUT2D eigenvalue weighted by Gasteiger charge is 2.46. The van der Waals surface area contributed by atoms with Gasteiger partial charge in [0.2, 0.25) is 5.91 Å². The van der Waals surface area contributed by atoms with Gasteiger partial charge in [-0.2, -0.15) is 0 Å². The Balaban J connectivity index is 1.56. The number of nitrogens with zero attached hydrogens (tertiary/aromatic N) is 1. The lowest BCUT2D eigenvalue weighted by molar-refractivity contribution is -0.135. The average Bonchev–Trinajstić information content (AvgIpc) is 2.96. The second kappa shape index (κ2) is 7.70. The van der Waals surface area contributed by atoms with Crippen LogP contribution in [0.1, 0.15) is 49.1 Å². The highest BCUT2D eigenvalue weighted by molar-refractivity contribution is 7.91. The van der Waals surface area contributed by atoms with Gasteiger partial charge < -0.3 is 4.90 Å². The van der Waals surface area contributed by atoms with Crippen LogP contribution in [0.2, 0.25) is 0 Å². The zero-order chi connectivity index (χ0) is 19.7. The molecule has 2 fully saturated rings. The fourth-order valence-electron chi connectivity index (χ4n) is 4.96. The van der Waals surface area contributed by atoms with Crippen LogP contribution in [0.25, 0.3) is 0 Å². The minimum absolute atomic E-state index is 0.0157. The van der Waals surface area contributed by atoms with Gasteiger partial charge in [-0.25, -0.2) is 8.42 Å². The van der Waals surface area contributed by atoms with Gasteiger partial charge in [0.1, 0.15) is 9.84 Å². The van der Waals surface area contributed by atoms with Crippen LogP contribution in [0.15, 0.2) is 60.7 Å². The molecule has 28 heavy (non-hydrogen) atoms. The molecule has 0 N–H and O–H groups in total. The molecule has 1 amide bonds. The Morgan fingerprint density at radius 2 is 1.39 bits per heavy atom. The van der Waals surface area contributed by atoms with Crippen LogP contribution in [0, 0.1) is 0 Å². The molecule has 2 bridgehead atoms. The molecule has 4 rings (SSSR count). The number of hydrogen-bond donors (Lipinski definition) is 0. The number of hydrogen-bond acceptors (Lipinski definition) is 3. The van der Waals surface area contributed by atoms with Gasteiger partial charge in [-0.1, -0.05) is 60.7 Å². The number of sulfone groups is 1. The van der Waals surface area contributed by atoms with E-state index in [1.54, 1.807) is 0 Å². The number of fused-ring (bicyclic) bond motifs is 2. The molecule has 2 aromatic rings. The molecule has 0 spiro atoms. The summed E-state index contributed by atoms with van der Waals surface area (Å²) < 4.78 is 24.1. The second-order valence-electron chi connectivity index (χ2n) is 8.19. The maximum Gasteiger partial charge on any atom is 0.224 e. The normalized spacial score (nSPS) is 24.5. The van der Waals surface area contributed by atoms with Crippen molar-refractivity contribution >= 4 is 15.7 Å². The summed E-state index contributed by atoms with van der Waals surface area (Å²) in [6, 6.07) is 20.5. The van der Waals surface area contributed by atoms with Gasteiger partial charge in [0.25, 0.3) is 0 Å². The van der Waals surface area contributed by atoms with Gasteiger partial charge in [0.15, 0.2) is 0 Å². The monoisotopic (exact) mass is 397 g/mol. The Morgan fingerprint density at radius 1 is 0.929 bits per heavy atom. The summed E-state index contributed by atoms with van der Waals surface area (Å²) in [4.78, 5) is 15.4. The third-order valence-corrected chi connectivity index (χ3v) is 7.96. The van der Waals surface area contributed by atoms with E-state index in [-0.39, 0.29) is 29.2 Å². The summed E-state index contributed by atoms with van der Waals surface area (Å²) in [7, 11) is -3.05. The second-order valence-corrected chi connectivity index (χ2v) is 10.5. The van der Waals surface area contributed by atoms with E-state index in [9.17, 15) is 13.2 Å². The fraction of sp³-hybridized carbons (Fsp3) is 0.435. The van der Waals surface area contributed by atoms with E-state index in [2.05, 4.69) is 24.3 Å². The molecule has 5 heteroatoms. The molecule has 2 aliphatic heterocycles. The molecular formula is C23H27NO3S. The number of rotatable bonds is 5. The molecular weight excluding hydrogens is 370 g/mol. The predicted molar refractivity (Wildman–Crippen MR) is 111 cm³/mol. The summed E-state index contributed by atoms with van der Waals surface area (Å²) in [5, 5.41) is -0.298. The molecule has 2 saturated heterocycles. The van der Waals surface area contributed by atoms with Crippen molar-refractivity contribution in [3.8, 4) is 0 Å². The van der Waals surface area contributed by atoms with Gasteiger partial charge in [0, 0.05) is 30.7 Å². The van der Waals surface area contributed by atoms with Crippen molar-refractivity contribution < 1.29 is 13.2 Å². The van der Waals surface area contributed by atoms with Crippen molar-refractivity contribution in [2.24, 2.45) is 0 Å². The number of carbonyl (C=O) groups excluding carboxylic acids is 1. The molecule has 2 aromatic carbocycles. The molecule has 0 aliphatic carbocycles. The molecule has 2 heterocycles. The lowest BCUT2D eigenvalue weighted by Gasteiger charge is -2.39.